The van der Waals surface area contributed by atoms with E-state index in [0.717, 1.165) is 5.56 Å². The van der Waals surface area contributed by atoms with Crippen LogP contribution in [0.5, 0.6) is 0 Å². The molecule has 1 heterocycles. The number of thiocarbonyl (C=S) groups is 1. The zero-order valence-corrected chi connectivity index (χ0v) is 12.2. The van der Waals surface area contributed by atoms with Gasteiger partial charge in [0.05, 0.1) is 0 Å². The molecule has 2 rings (SSSR count). The Morgan fingerprint density at radius 3 is 2.81 bits per heavy atom. The summed E-state index contributed by atoms with van der Waals surface area (Å²) in [6, 6.07) is 7.98. The van der Waals surface area contributed by atoms with Gasteiger partial charge in [-0.1, -0.05) is 30.4 Å². The highest BCUT2D eigenvalue weighted by Crippen LogP contribution is 2.11. The summed E-state index contributed by atoms with van der Waals surface area (Å²) in [5.41, 5.74) is 7.34. The van der Waals surface area contributed by atoms with Crippen LogP contribution in [0.4, 0.5) is 4.39 Å². The van der Waals surface area contributed by atoms with Gasteiger partial charge in [0.25, 0.3) is 5.91 Å². The molecule has 1 aromatic heterocycles. The van der Waals surface area contributed by atoms with Crippen molar-refractivity contribution in [3.05, 3.63) is 64.7 Å². The third-order valence-corrected chi connectivity index (χ3v) is 3.24. The summed E-state index contributed by atoms with van der Waals surface area (Å²) in [6.45, 7) is 1.86. The summed E-state index contributed by atoms with van der Waals surface area (Å²) in [5.74, 6) is -0.802. The van der Waals surface area contributed by atoms with Crippen LogP contribution in [-0.4, -0.2) is 15.9 Å². The van der Waals surface area contributed by atoms with Crippen LogP contribution in [-0.2, 0) is 6.54 Å². The molecule has 1 amide bonds. The predicted octanol–water partition coefficient (Wildman–Crippen LogP) is 2.09. The van der Waals surface area contributed by atoms with Crippen molar-refractivity contribution in [3.8, 4) is 0 Å². The van der Waals surface area contributed by atoms with Crippen LogP contribution in [0.2, 0.25) is 0 Å². The van der Waals surface area contributed by atoms with Gasteiger partial charge in [-0.3, -0.25) is 9.78 Å². The van der Waals surface area contributed by atoms with Crippen molar-refractivity contribution in [1.29, 1.82) is 0 Å². The van der Waals surface area contributed by atoms with E-state index < -0.39 is 5.82 Å². The van der Waals surface area contributed by atoms with E-state index in [9.17, 15) is 9.18 Å². The monoisotopic (exact) mass is 303 g/mol. The molecule has 0 saturated heterocycles. The first kappa shape index (κ1) is 15.1. The quantitative estimate of drug-likeness (QED) is 0.849. The van der Waals surface area contributed by atoms with Crippen molar-refractivity contribution in [2.24, 2.45) is 5.73 Å². The molecule has 1 aromatic carbocycles. The fraction of sp³-hybridized carbons (Fsp3) is 0.133. The fourth-order valence-electron chi connectivity index (χ4n) is 1.83. The van der Waals surface area contributed by atoms with Gasteiger partial charge >= 0.3 is 0 Å². The standard InChI is InChI=1S/C15H14FN3OS/c1-9-3-2-6-18-13(9)15(20)19-8-11-5-4-10(14(17)21)7-12(11)16/h2-7H,8H2,1H3,(H2,17,21)(H,19,20). The number of halogens is 1. The number of aryl methyl sites for hydroxylation is 1. The molecule has 0 aliphatic rings. The van der Waals surface area contributed by atoms with Gasteiger partial charge in [-0.05, 0) is 24.6 Å². The summed E-state index contributed by atoms with van der Waals surface area (Å²) in [4.78, 5) is 16.1. The molecular formula is C15H14FN3OS. The molecule has 0 bridgehead atoms. The molecule has 3 N–H and O–H groups in total. The largest absolute Gasteiger partial charge is 0.389 e. The van der Waals surface area contributed by atoms with Crippen molar-refractivity contribution < 1.29 is 9.18 Å². The van der Waals surface area contributed by atoms with E-state index in [1.54, 1.807) is 37.4 Å². The number of hydrogen-bond acceptors (Lipinski definition) is 3. The van der Waals surface area contributed by atoms with E-state index in [4.69, 9.17) is 18.0 Å². The number of rotatable bonds is 4. The van der Waals surface area contributed by atoms with Gasteiger partial charge in [-0.25, -0.2) is 4.39 Å². The van der Waals surface area contributed by atoms with Crippen molar-refractivity contribution >= 4 is 23.1 Å². The highest BCUT2D eigenvalue weighted by molar-refractivity contribution is 7.80. The van der Waals surface area contributed by atoms with Crippen LogP contribution >= 0.6 is 12.2 Å². The molecule has 2 aromatic rings. The van der Waals surface area contributed by atoms with Gasteiger partial charge in [0.1, 0.15) is 16.5 Å². The van der Waals surface area contributed by atoms with Crippen molar-refractivity contribution in [2.75, 3.05) is 0 Å². The number of carbonyl (C=O) groups is 1. The van der Waals surface area contributed by atoms with Gasteiger partial charge < -0.3 is 11.1 Å². The van der Waals surface area contributed by atoms with Crippen LogP contribution in [0.3, 0.4) is 0 Å². The molecule has 0 saturated carbocycles. The molecule has 4 nitrogen and oxygen atoms in total. The highest BCUT2D eigenvalue weighted by atomic mass is 32.1. The Balaban J connectivity index is 2.08. The zero-order valence-electron chi connectivity index (χ0n) is 11.4. The minimum atomic E-state index is -0.460. The van der Waals surface area contributed by atoms with E-state index in [1.807, 2.05) is 0 Å². The van der Waals surface area contributed by atoms with Crippen LogP contribution in [0.1, 0.15) is 27.2 Å². The summed E-state index contributed by atoms with van der Waals surface area (Å²) in [6.07, 6.45) is 1.54. The Labute approximate surface area is 127 Å². The topological polar surface area (TPSA) is 68.0 Å². The van der Waals surface area contributed by atoms with Gasteiger partial charge in [0.15, 0.2) is 0 Å². The van der Waals surface area contributed by atoms with E-state index >= 15 is 0 Å². The first-order chi connectivity index (χ1) is 9.99. The van der Waals surface area contributed by atoms with E-state index in [1.165, 1.54) is 6.07 Å². The third-order valence-electron chi connectivity index (χ3n) is 3.00. The minimum Gasteiger partial charge on any atom is -0.389 e. The Bertz CT molecular complexity index is 703. The lowest BCUT2D eigenvalue weighted by Gasteiger charge is -2.08. The lowest BCUT2D eigenvalue weighted by atomic mass is 10.1. The Kier molecular flexibility index (Phi) is 4.59. The molecule has 0 atom stereocenters. The van der Waals surface area contributed by atoms with Crippen LogP contribution in [0, 0.1) is 12.7 Å². The molecule has 0 spiro atoms. The first-order valence-electron chi connectivity index (χ1n) is 6.27. The maximum absolute atomic E-state index is 13.9. The number of aromatic nitrogens is 1. The van der Waals surface area contributed by atoms with Gasteiger partial charge in [0.2, 0.25) is 0 Å². The zero-order chi connectivity index (χ0) is 15.4. The lowest BCUT2D eigenvalue weighted by molar-refractivity contribution is 0.0945. The number of benzene rings is 1. The normalized spacial score (nSPS) is 10.2. The summed E-state index contributed by atoms with van der Waals surface area (Å²) in [7, 11) is 0. The lowest BCUT2D eigenvalue weighted by Crippen LogP contribution is -2.25. The average molecular weight is 303 g/mol. The highest BCUT2D eigenvalue weighted by Gasteiger charge is 2.11. The van der Waals surface area contributed by atoms with E-state index in [2.05, 4.69) is 10.3 Å². The Morgan fingerprint density at radius 1 is 1.43 bits per heavy atom. The second kappa shape index (κ2) is 6.41. The second-order valence-electron chi connectivity index (χ2n) is 4.52. The van der Waals surface area contributed by atoms with Crippen LogP contribution in [0.25, 0.3) is 0 Å². The van der Waals surface area contributed by atoms with Crippen LogP contribution < -0.4 is 11.1 Å². The summed E-state index contributed by atoms with van der Waals surface area (Å²) in [5, 5.41) is 2.64. The molecule has 108 valence electrons. The molecule has 0 radical (unpaired) electrons. The molecule has 0 fully saturated rings. The molecule has 0 unspecified atom stereocenters. The molecule has 21 heavy (non-hydrogen) atoms. The van der Waals surface area contributed by atoms with Gasteiger partial charge in [-0.15, -0.1) is 0 Å². The fourth-order valence-corrected chi connectivity index (χ4v) is 1.95. The van der Waals surface area contributed by atoms with E-state index in [-0.39, 0.29) is 17.4 Å². The molecule has 6 heteroatoms. The number of pyridine rings is 1. The maximum atomic E-state index is 13.9. The first-order valence-corrected chi connectivity index (χ1v) is 6.68. The minimum absolute atomic E-state index is 0.0678. The van der Waals surface area contributed by atoms with Crippen molar-refractivity contribution in [1.82, 2.24) is 10.3 Å². The number of hydrogen-bond donors (Lipinski definition) is 2. The SMILES string of the molecule is Cc1cccnc1C(=O)NCc1ccc(C(N)=S)cc1F. The van der Waals surface area contributed by atoms with Crippen molar-refractivity contribution in [2.45, 2.75) is 13.5 Å². The Morgan fingerprint density at radius 2 is 2.19 bits per heavy atom. The molecule has 0 aliphatic heterocycles. The number of amides is 1. The maximum Gasteiger partial charge on any atom is 0.270 e. The smallest absolute Gasteiger partial charge is 0.270 e. The average Bonchev–Trinajstić information content (AvgIpc) is 2.46. The van der Waals surface area contributed by atoms with Gasteiger partial charge in [0, 0.05) is 23.9 Å². The number of nitrogens with one attached hydrogen (secondary N) is 1. The predicted molar refractivity (Wildman–Crippen MR) is 82.4 cm³/mol. The molecular weight excluding hydrogens is 289 g/mol. The number of nitrogens with two attached hydrogens (primary N) is 1. The summed E-state index contributed by atoms with van der Waals surface area (Å²) >= 11 is 4.78. The van der Waals surface area contributed by atoms with Crippen molar-refractivity contribution in [3.63, 3.8) is 0 Å². The number of carbonyl (C=O) groups excluding carboxylic acids is 1. The third kappa shape index (κ3) is 3.61. The van der Waals surface area contributed by atoms with Gasteiger partial charge in [-0.2, -0.15) is 0 Å². The second-order valence-corrected chi connectivity index (χ2v) is 4.96. The summed E-state index contributed by atoms with van der Waals surface area (Å²) < 4.78 is 13.9. The van der Waals surface area contributed by atoms with Crippen LogP contribution in [0.15, 0.2) is 36.5 Å². The Hall–Kier alpha value is -2.34. The molecule has 0 aliphatic carbocycles. The number of nitrogens with zero attached hydrogens (tertiary/aromatic N) is 1. The van der Waals surface area contributed by atoms with E-state index in [0.29, 0.717) is 16.8 Å².